The van der Waals surface area contributed by atoms with Crippen LogP contribution in [0.4, 0.5) is 0 Å². The fourth-order valence-corrected chi connectivity index (χ4v) is 3.33. The zero-order chi connectivity index (χ0) is 20.6. The third kappa shape index (κ3) is 6.39. The summed E-state index contributed by atoms with van der Waals surface area (Å²) in [5, 5.41) is 14.1. The molecule has 0 aliphatic carbocycles. The number of fused-ring (bicyclic) bond motifs is 1. The molecule has 0 saturated carbocycles. The number of amides is 1. The highest BCUT2D eigenvalue weighted by Crippen LogP contribution is 2.13. The molecule has 0 bridgehead atoms. The second kappa shape index (κ2) is 11.8. The van der Waals surface area contributed by atoms with Gasteiger partial charge in [0.2, 0.25) is 0 Å². The van der Waals surface area contributed by atoms with Gasteiger partial charge < -0.3 is 20.7 Å². The molecule has 0 fully saturated rings. The van der Waals surface area contributed by atoms with Crippen LogP contribution in [0.1, 0.15) is 40.9 Å². The number of carbonyl (C=O) groups is 1. The number of guanidine groups is 1. The number of methoxy groups -OCH3 is 1. The molecule has 1 aromatic carbocycles. The molecule has 1 unspecified atom stereocenters. The van der Waals surface area contributed by atoms with Gasteiger partial charge in [-0.15, -0.1) is 24.0 Å². The van der Waals surface area contributed by atoms with Crippen molar-refractivity contribution in [3.05, 3.63) is 47.0 Å². The van der Waals surface area contributed by atoms with Crippen LogP contribution in [0.15, 0.2) is 29.3 Å². The second-order valence-electron chi connectivity index (χ2n) is 6.92. The highest BCUT2D eigenvalue weighted by atomic mass is 127. The fourth-order valence-electron chi connectivity index (χ4n) is 3.33. The number of hydrogen-bond acceptors (Lipinski definition) is 5. The first-order valence-electron chi connectivity index (χ1n) is 9.88. The van der Waals surface area contributed by atoms with Crippen LogP contribution in [0.25, 0.3) is 0 Å². The van der Waals surface area contributed by atoms with Gasteiger partial charge in [-0.2, -0.15) is 5.10 Å². The Morgan fingerprint density at radius 1 is 1.37 bits per heavy atom. The van der Waals surface area contributed by atoms with Crippen molar-refractivity contribution >= 4 is 35.8 Å². The van der Waals surface area contributed by atoms with Gasteiger partial charge in [0, 0.05) is 45.3 Å². The summed E-state index contributed by atoms with van der Waals surface area (Å²) in [7, 11) is 3.40. The van der Waals surface area contributed by atoms with Gasteiger partial charge >= 0.3 is 0 Å². The van der Waals surface area contributed by atoms with Gasteiger partial charge in [0.1, 0.15) is 12.4 Å². The molecule has 0 radical (unpaired) electrons. The van der Waals surface area contributed by atoms with Gasteiger partial charge in [-0.05, 0) is 31.0 Å². The summed E-state index contributed by atoms with van der Waals surface area (Å²) in [5.74, 6) is 2.38. The Labute approximate surface area is 194 Å². The first kappa shape index (κ1) is 24.1. The van der Waals surface area contributed by atoms with E-state index in [4.69, 9.17) is 4.74 Å². The molecular weight excluding hydrogens is 497 g/mol. The third-order valence-electron chi connectivity index (χ3n) is 4.73. The standard InChI is InChI=1S/C20H29N7O2.HI/c1-4-22-19(28)15-7-5-6-14(10-15)11-23-20(21-2)24-16-8-9-18-25-17(13-29-3)26-27(18)12-16;/h5-7,10,16H,4,8-9,11-13H2,1-3H3,(H,22,28)(H2,21,23,24);1H. The molecule has 10 heteroatoms. The van der Waals surface area contributed by atoms with E-state index in [1.54, 1.807) is 14.2 Å². The third-order valence-corrected chi connectivity index (χ3v) is 4.73. The topological polar surface area (TPSA) is 105 Å². The van der Waals surface area contributed by atoms with Crippen molar-refractivity contribution in [3.8, 4) is 0 Å². The summed E-state index contributed by atoms with van der Waals surface area (Å²) < 4.78 is 7.06. The maximum absolute atomic E-state index is 12.0. The number of carbonyl (C=O) groups excluding carboxylic acids is 1. The lowest BCUT2D eigenvalue weighted by atomic mass is 10.1. The summed E-state index contributed by atoms with van der Waals surface area (Å²) in [5.41, 5.74) is 1.68. The van der Waals surface area contributed by atoms with Crippen molar-refractivity contribution < 1.29 is 9.53 Å². The largest absolute Gasteiger partial charge is 0.377 e. The minimum Gasteiger partial charge on any atom is -0.377 e. The number of aromatic nitrogens is 3. The first-order chi connectivity index (χ1) is 14.1. The summed E-state index contributed by atoms with van der Waals surface area (Å²) in [4.78, 5) is 20.8. The van der Waals surface area contributed by atoms with Gasteiger partial charge in [0.15, 0.2) is 11.8 Å². The van der Waals surface area contributed by atoms with E-state index in [0.29, 0.717) is 25.3 Å². The second-order valence-corrected chi connectivity index (χ2v) is 6.92. The lowest BCUT2D eigenvalue weighted by Crippen LogP contribution is -2.46. The van der Waals surface area contributed by atoms with Crippen LogP contribution >= 0.6 is 24.0 Å². The number of nitrogens with one attached hydrogen (secondary N) is 3. The molecular formula is C20H30IN7O2. The van der Waals surface area contributed by atoms with E-state index in [0.717, 1.165) is 42.6 Å². The molecule has 0 spiro atoms. The molecule has 1 aromatic heterocycles. The number of aryl methyl sites for hydroxylation is 1. The Hall–Kier alpha value is -2.21. The minimum absolute atomic E-state index is 0. The van der Waals surface area contributed by atoms with Crippen LogP contribution in [-0.4, -0.2) is 53.4 Å². The molecule has 30 heavy (non-hydrogen) atoms. The molecule has 2 aromatic rings. The van der Waals surface area contributed by atoms with Crippen molar-refractivity contribution in [2.45, 2.75) is 45.5 Å². The summed E-state index contributed by atoms with van der Waals surface area (Å²) in [6.07, 6.45) is 1.82. The molecule has 0 saturated heterocycles. The predicted molar refractivity (Wildman–Crippen MR) is 126 cm³/mol. The Morgan fingerprint density at radius 2 is 2.20 bits per heavy atom. The number of aliphatic imine (C=N–C) groups is 1. The maximum Gasteiger partial charge on any atom is 0.251 e. The van der Waals surface area contributed by atoms with Crippen LogP contribution in [0.2, 0.25) is 0 Å². The zero-order valence-electron chi connectivity index (χ0n) is 17.6. The van der Waals surface area contributed by atoms with E-state index in [-0.39, 0.29) is 35.9 Å². The Balaban J connectivity index is 0.00000320. The Kier molecular flexibility index (Phi) is 9.50. The predicted octanol–water partition coefficient (Wildman–Crippen LogP) is 1.47. The molecule has 1 atom stereocenters. The van der Waals surface area contributed by atoms with E-state index in [1.165, 1.54) is 0 Å². The molecule has 1 aliphatic heterocycles. The van der Waals surface area contributed by atoms with E-state index >= 15 is 0 Å². The van der Waals surface area contributed by atoms with Crippen molar-refractivity contribution in [2.75, 3.05) is 20.7 Å². The van der Waals surface area contributed by atoms with E-state index in [9.17, 15) is 4.79 Å². The van der Waals surface area contributed by atoms with Crippen LogP contribution in [0.3, 0.4) is 0 Å². The van der Waals surface area contributed by atoms with Gasteiger partial charge in [-0.1, -0.05) is 12.1 Å². The molecule has 9 nitrogen and oxygen atoms in total. The van der Waals surface area contributed by atoms with Crippen molar-refractivity contribution in [2.24, 2.45) is 4.99 Å². The number of nitrogens with zero attached hydrogens (tertiary/aromatic N) is 4. The molecule has 3 N–H and O–H groups in total. The number of halogens is 1. The number of ether oxygens (including phenoxy) is 1. The van der Waals surface area contributed by atoms with Gasteiger partial charge in [0.05, 0.1) is 6.54 Å². The fraction of sp³-hybridized carbons (Fsp3) is 0.500. The number of benzene rings is 1. The van der Waals surface area contributed by atoms with Crippen LogP contribution in [0.5, 0.6) is 0 Å². The van der Waals surface area contributed by atoms with Crippen molar-refractivity contribution in [1.29, 1.82) is 0 Å². The minimum atomic E-state index is -0.0597. The normalized spacial score (nSPS) is 15.7. The molecule has 3 rings (SSSR count). The Morgan fingerprint density at radius 3 is 2.93 bits per heavy atom. The lowest BCUT2D eigenvalue weighted by Gasteiger charge is -2.25. The Bertz CT molecular complexity index is 869. The highest BCUT2D eigenvalue weighted by Gasteiger charge is 2.22. The molecule has 2 heterocycles. The summed E-state index contributed by atoms with van der Waals surface area (Å²) in [6, 6.07) is 7.81. The van der Waals surface area contributed by atoms with Gasteiger partial charge in [0.25, 0.3) is 5.91 Å². The van der Waals surface area contributed by atoms with Crippen LogP contribution < -0.4 is 16.0 Å². The monoisotopic (exact) mass is 527 g/mol. The maximum atomic E-state index is 12.0. The van der Waals surface area contributed by atoms with Gasteiger partial charge in [-0.3, -0.25) is 9.79 Å². The van der Waals surface area contributed by atoms with Crippen molar-refractivity contribution in [1.82, 2.24) is 30.7 Å². The van der Waals surface area contributed by atoms with Crippen LogP contribution in [-0.2, 0) is 30.9 Å². The van der Waals surface area contributed by atoms with E-state index in [2.05, 4.69) is 31.0 Å². The molecule has 1 aliphatic rings. The summed E-state index contributed by atoms with van der Waals surface area (Å²) >= 11 is 0. The lowest BCUT2D eigenvalue weighted by molar-refractivity contribution is 0.0955. The summed E-state index contributed by atoms with van der Waals surface area (Å²) in [6.45, 7) is 4.26. The van der Waals surface area contributed by atoms with Crippen LogP contribution in [0, 0.1) is 0 Å². The smallest absolute Gasteiger partial charge is 0.251 e. The van der Waals surface area contributed by atoms with Crippen molar-refractivity contribution in [3.63, 3.8) is 0 Å². The number of hydrogen-bond donors (Lipinski definition) is 3. The average molecular weight is 527 g/mol. The van der Waals surface area contributed by atoms with Gasteiger partial charge in [-0.25, -0.2) is 9.67 Å². The SMILES string of the molecule is CCNC(=O)c1cccc(CNC(=NC)NC2CCc3nc(COC)nn3C2)c1.I. The number of rotatable bonds is 7. The zero-order valence-corrected chi connectivity index (χ0v) is 20.0. The first-order valence-corrected chi connectivity index (χ1v) is 9.88. The van der Waals surface area contributed by atoms with E-state index < -0.39 is 0 Å². The highest BCUT2D eigenvalue weighted by molar-refractivity contribution is 14.0. The average Bonchev–Trinajstić information content (AvgIpc) is 3.13. The quantitative estimate of drug-likeness (QED) is 0.286. The molecule has 164 valence electrons. The molecule has 1 amide bonds. The van der Waals surface area contributed by atoms with E-state index in [1.807, 2.05) is 35.9 Å².